The Morgan fingerprint density at radius 3 is 2.21 bits per heavy atom. The van der Waals surface area contributed by atoms with Crippen molar-refractivity contribution in [2.24, 2.45) is 0 Å². The average molecular weight is 398 g/mol. The van der Waals surface area contributed by atoms with Crippen molar-refractivity contribution in [2.75, 3.05) is 20.3 Å². The van der Waals surface area contributed by atoms with Gasteiger partial charge in [0.1, 0.15) is 0 Å². The molecule has 0 unspecified atom stereocenters. The van der Waals surface area contributed by atoms with Gasteiger partial charge in [-0.2, -0.15) is 0 Å². The molecule has 0 bridgehead atoms. The summed E-state index contributed by atoms with van der Waals surface area (Å²) >= 11 is 0. The Morgan fingerprint density at radius 1 is 0.966 bits per heavy atom. The van der Waals surface area contributed by atoms with Crippen molar-refractivity contribution < 1.29 is 23.9 Å². The van der Waals surface area contributed by atoms with Gasteiger partial charge in [0.05, 0.1) is 19.1 Å². The van der Waals surface area contributed by atoms with Crippen molar-refractivity contribution in [2.45, 2.75) is 25.5 Å². The van der Waals surface area contributed by atoms with Gasteiger partial charge in [0.15, 0.2) is 6.10 Å². The predicted molar refractivity (Wildman–Crippen MR) is 108 cm³/mol. The highest BCUT2D eigenvalue weighted by atomic mass is 16.5. The fourth-order valence-corrected chi connectivity index (χ4v) is 2.65. The Kier molecular flexibility index (Phi) is 8.85. The minimum Gasteiger partial charge on any atom is -0.452 e. The molecule has 7 nitrogen and oxygen atoms in total. The summed E-state index contributed by atoms with van der Waals surface area (Å²) in [4.78, 5) is 36.9. The Morgan fingerprint density at radius 2 is 1.59 bits per heavy atom. The van der Waals surface area contributed by atoms with Gasteiger partial charge in [-0.3, -0.25) is 14.4 Å². The largest absolute Gasteiger partial charge is 0.452 e. The van der Waals surface area contributed by atoms with Gasteiger partial charge in [0, 0.05) is 19.2 Å². The van der Waals surface area contributed by atoms with E-state index in [2.05, 4.69) is 10.6 Å². The summed E-state index contributed by atoms with van der Waals surface area (Å²) in [6.45, 7) is 2.20. The molecule has 2 atom stereocenters. The zero-order valence-electron chi connectivity index (χ0n) is 16.6. The third-order valence-corrected chi connectivity index (χ3v) is 4.20. The number of hydrogen-bond donors (Lipinski definition) is 2. The van der Waals surface area contributed by atoms with Gasteiger partial charge in [-0.25, -0.2) is 0 Å². The summed E-state index contributed by atoms with van der Waals surface area (Å²) in [6.07, 6.45) is -1.04. The van der Waals surface area contributed by atoms with Crippen LogP contribution in [0.15, 0.2) is 60.7 Å². The molecule has 0 heterocycles. The SMILES string of the molecule is COCCNC(=O)[C@H](C)OC(=O)C[C@@H](NC(=O)c1ccccc1)c1ccccc1. The van der Waals surface area contributed by atoms with Crippen LogP contribution in [0.25, 0.3) is 0 Å². The molecule has 0 saturated heterocycles. The molecule has 0 aliphatic rings. The second-order valence-corrected chi connectivity index (χ2v) is 6.42. The van der Waals surface area contributed by atoms with E-state index in [1.165, 1.54) is 14.0 Å². The Labute approximate surface area is 170 Å². The first kappa shape index (κ1) is 22.1. The zero-order valence-corrected chi connectivity index (χ0v) is 16.6. The van der Waals surface area contributed by atoms with Crippen LogP contribution in [0.5, 0.6) is 0 Å². The first-order chi connectivity index (χ1) is 14.0. The van der Waals surface area contributed by atoms with Crippen molar-refractivity contribution in [1.29, 1.82) is 0 Å². The lowest BCUT2D eigenvalue weighted by Crippen LogP contribution is -2.38. The van der Waals surface area contributed by atoms with E-state index in [1.54, 1.807) is 24.3 Å². The third-order valence-electron chi connectivity index (χ3n) is 4.20. The summed E-state index contributed by atoms with van der Waals surface area (Å²) in [7, 11) is 1.53. The number of rotatable bonds is 10. The van der Waals surface area contributed by atoms with Crippen LogP contribution in [-0.4, -0.2) is 44.1 Å². The van der Waals surface area contributed by atoms with Gasteiger partial charge in [0.2, 0.25) is 0 Å². The van der Waals surface area contributed by atoms with Crippen molar-refractivity contribution >= 4 is 17.8 Å². The number of nitrogens with one attached hydrogen (secondary N) is 2. The first-order valence-corrected chi connectivity index (χ1v) is 9.38. The standard InChI is InChI=1S/C22H26N2O5/c1-16(21(26)23-13-14-28-2)29-20(25)15-19(17-9-5-3-6-10-17)24-22(27)18-11-7-4-8-12-18/h3-12,16,19H,13-15H2,1-2H3,(H,23,26)(H,24,27)/t16-,19+/m0/s1. The molecule has 7 heteroatoms. The number of hydrogen-bond acceptors (Lipinski definition) is 5. The van der Waals surface area contributed by atoms with E-state index < -0.39 is 24.0 Å². The van der Waals surface area contributed by atoms with E-state index in [1.807, 2.05) is 36.4 Å². The van der Waals surface area contributed by atoms with Crippen LogP contribution in [-0.2, 0) is 19.1 Å². The molecule has 2 aromatic rings. The summed E-state index contributed by atoms with van der Waals surface area (Å²) < 4.78 is 10.1. The number of carbonyl (C=O) groups excluding carboxylic acids is 3. The predicted octanol–water partition coefficient (Wildman–Crippen LogP) is 2.24. The minimum atomic E-state index is -0.944. The molecular weight excluding hydrogens is 372 g/mol. The molecule has 0 aliphatic carbocycles. The number of carbonyl (C=O) groups is 3. The summed E-state index contributed by atoms with van der Waals surface area (Å²) in [5.41, 5.74) is 1.26. The van der Waals surface area contributed by atoms with Crippen LogP contribution in [0, 0.1) is 0 Å². The van der Waals surface area contributed by atoms with Gasteiger partial charge >= 0.3 is 5.97 Å². The van der Waals surface area contributed by atoms with E-state index in [0.29, 0.717) is 18.7 Å². The van der Waals surface area contributed by atoms with Crippen LogP contribution in [0.3, 0.4) is 0 Å². The molecule has 0 spiro atoms. The summed E-state index contributed by atoms with van der Waals surface area (Å²) in [6, 6.07) is 17.3. The normalized spacial score (nSPS) is 12.5. The summed E-state index contributed by atoms with van der Waals surface area (Å²) in [5, 5.41) is 5.48. The highest BCUT2D eigenvalue weighted by molar-refractivity contribution is 5.94. The van der Waals surface area contributed by atoms with Crippen LogP contribution in [0.4, 0.5) is 0 Å². The lowest BCUT2D eigenvalue weighted by Gasteiger charge is -2.20. The highest BCUT2D eigenvalue weighted by Crippen LogP contribution is 2.18. The smallest absolute Gasteiger partial charge is 0.309 e. The van der Waals surface area contributed by atoms with Gasteiger partial charge in [-0.15, -0.1) is 0 Å². The first-order valence-electron chi connectivity index (χ1n) is 9.38. The molecule has 154 valence electrons. The van der Waals surface area contributed by atoms with Crippen molar-refractivity contribution in [3.63, 3.8) is 0 Å². The molecule has 2 N–H and O–H groups in total. The van der Waals surface area contributed by atoms with E-state index in [-0.39, 0.29) is 12.3 Å². The Bertz CT molecular complexity index is 795. The van der Waals surface area contributed by atoms with E-state index in [9.17, 15) is 14.4 Å². The fourth-order valence-electron chi connectivity index (χ4n) is 2.65. The number of esters is 1. The summed E-state index contributed by atoms with van der Waals surface area (Å²) in [5.74, 6) is -1.28. The van der Waals surface area contributed by atoms with E-state index in [4.69, 9.17) is 9.47 Å². The molecule has 0 radical (unpaired) electrons. The maximum absolute atomic E-state index is 12.5. The second kappa shape index (κ2) is 11.6. The lowest BCUT2D eigenvalue weighted by atomic mass is 10.0. The molecule has 0 aliphatic heterocycles. The van der Waals surface area contributed by atoms with Crippen LogP contribution in [0.2, 0.25) is 0 Å². The fraction of sp³-hybridized carbons (Fsp3) is 0.318. The van der Waals surface area contributed by atoms with Gasteiger partial charge < -0.3 is 20.1 Å². The van der Waals surface area contributed by atoms with Crippen molar-refractivity contribution in [3.05, 3.63) is 71.8 Å². The average Bonchev–Trinajstić information content (AvgIpc) is 2.74. The van der Waals surface area contributed by atoms with Crippen LogP contribution in [0.1, 0.15) is 35.3 Å². The molecular formula is C22H26N2O5. The molecule has 0 fully saturated rings. The van der Waals surface area contributed by atoms with Crippen molar-refractivity contribution in [3.8, 4) is 0 Å². The monoisotopic (exact) mass is 398 g/mol. The lowest BCUT2D eigenvalue weighted by molar-refractivity contribution is -0.155. The molecule has 0 saturated carbocycles. The number of methoxy groups -OCH3 is 1. The third kappa shape index (κ3) is 7.38. The van der Waals surface area contributed by atoms with Gasteiger partial charge in [-0.05, 0) is 24.6 Å². The molecule has 2 rings (SSSR count). The maximum atomic E-state index is 12.5. The quantitative estimate of drug-likeness (QED) is 0.473. The molecule has 29 heavy (non-hydrogen) atoms. The molecule has 2 amide bonds. The Balaban J connectivity index is 2.01. The molecule has 0 aromatic heterocycles. The minimum absolute atomic E-state index is 0.0989. The van der Waals surface area contributed by atoms with E-state index in [0.717, 1.165) is 5.56 Å². The Hall–Kier alpha value is -3.19. The van der Waals surface area contributed by atoms with Gasteiger partial charge in [-0.1, -0.05) is 48.5 Å². The zero-order chi connectivity index (χ0) is 21.1. The topological polar surface area (TPSA) is 93.7 Å². The maximum Gasteiger partial charge on any atom is 0.309 e. The van der Waals surface area contributed by atoms with Gasteiger partial charge in [0.25, 0.3) is 11.8 Å². The number of ether oxygens (including phenoxy) is 2. The second-order valence-electron chi connectivity index (χ2n) is 6.42. The van der Waals surface area contributed by atoms with Crippen LogP contribution < -0.4 is 10.6 Å². The number of benzene rings is 2. The van der Waals surface area contributed by atoms with Crippen molar-refractivity contribution in [1.82, 2.24) is 10.6 Å². The van der Waals surface area contributed by atoms with Crippen LogP contribution >= 0.6 is 0 Å². The van der Waals surface area contributed by atoms with E-state index >= 15 is 0 Å². The molecule has 2 aromatic carbocycles. The highest BCUT2D eigenvalue weighted by Gasteiger charge is 2.23. The number of amides is 2.